The van der Waals surface area contributed by atoms with Crippen molar-refractivity contribution in [1.82, 2.24) is 10.6 Å². The lowest BCUT2D eigenvalue weighted by molar-refractivity contribution is -0.141. The molecule has 104 valence electrons. The Bertz CT molecular complexity index is 306. The molecule has 0 aliphatic heterocycles. The maximum atomic E-state index is 11.5. The van der Waals surface area contributed by atoms with Crippen LogP contribution >= 0.6 is 0 Å². The predicted molar refractivity (Wildman–Crippen MR) is 66.1 cm³/mol. The number of carbonyl (C=O) groups excluding carboxylic acids is 1. The molecule has 1 aliphatic carbocycles. The normalized spacial score (nSPS) is 26.4. The van der Waals surface area contributed by atoms with Crippen molar-refractivity contribution in [2.45, 2.75) is 45.3 Å². The Morgan fingerprint density at radius 3 is 2.50 bits per heavy atom. The summed E-state index contributed by atoms with van der Waals surface area (Å²) in [6.45, 7) is 4.08. The second kappa shape index (κ2) is 6.58. The summed E-state index contributed by atoms with van der Waals surface area (Å²) in [5.41, 5.74) is 0. The molecule has 6 heteroatoms. The standard InChI is InChI=1S/C12H22N2O4/c1-7-3-4-9(5-7)6-13-12(18)14-10(8(2)15)11(16)17/h7-10,15H,3-6H2,1-2H3,(H,16,17)(H2,13,14,18). The monoisotopic (exact) mass is 258 g/mol. The highest BCUT2D eigenvalue weighted by molar-refractivity contribution is 5.82. The van der Waals surface area contributed by atoms with Crippen molar-refractivity contribution in [3.63, 3.8) is 0 Å². The summed E-state index contributed by atoms with van der Waals surface area (Å²) in [5.74, 6) is -0.0701. The lowest BCUT2D eigenvalue weighted by Gasteiger charge is -2.18. The summed E-state index contributed by atoms with van der Waals surface area (Å²) in [4.78, 5) is 22.3. The summed E-state index contributed by atoms with van der Waals surface area (Å²) in [6.07, 6.45) is 2.25. The van der Waals surface area contributed by atoms with Crippen molar-refractivity contribution in [3.05, 3.63) is 0 Å². The van der Waals surface area contributed by atoms with Crippen molar-refractivity contribution in [2.75, 3.05) is 6.54 Å². The van der Waals surface area contributed by atoms with Gasteiger partial charge in [-0.05, 0) is 31.6 Å². The number of carbonyl (C=O) groups is 2. The van der Waals surface area contributed by atoms with Gasteiger partial charge >= 0.3 is 12.0 Å². The minimum Gasteiger partial charge on any atom is -0.480 e. The van der Waals surface area contributed by atoms with Gasteiger partial charge in [0.2, 0.25) is 0 Å². The quantitative estimate of drug-likeness (QED) is 0.579. The molecular weight excluding hydrogens is 236 g/mol. The minimum atomic E-state index is -1.27. The lowest BCUT2D eigenvalue weighted by atomic mass is 10.1. The summed E-state index contributed by atoms with van der Waals surface area (Å²) in [5, 5.41) is 22.9. The molecule has 1 fully saturated rings. The van der Waals surface area contributed by atoms with E-state index in [0.29, 0.717) is 18.4 Å². The molecule has 18 heavy (non-hydrogen) atoms. The fourth-order valence-electron chi connectivity index (χ4n) is 2.33. The van der Waals surface area contributed by atoms with Gasteiger partial charge in [-0.25, -0.2) is 9.59 Å². The summed E-state index contributed by atoms with van der Waals surface area (Å²) < 4.78 is 0. The molecule has 4 N–H and O–H groups in total. The van der Waals surface area contributed by atoms with Crippen LogP contribution in [0.15, 0.2) is 0 Å². The van der Waals surface area contributed by atoms with Crippen LogP contribution in [0.4, 0.5) is 4.79 Å². The van der Waals surface area contributed by atoms with Crippen LogP contribution in [-0.4, -0.2) is 40.9 Å². The maximum Gasteiger partial charge on any atom is 0.328 e. The van der Waals surface area contributed by atoms with E-state index in [4.69, 9.17) is 5.11 Å². The molecule has 0 aromatic rings. The Balaban J connectivity index is 2.30. The largest absolute Gasteiger partial charge is 0.480 e. The molecule has 0 heterocycles. The SMILES string of the molecule is CC1CCC(CNC(=O)NC(C(=O)O)C(C)O)C1. The number of aliphatic hydroxyl groups excluding tert-OH is 1. The van der Waals surface area contributed by atoms with Gasteiger partial charge in [0.05, 0.1) is 6.10 Å². The molecule has 2 amide bonds. The van der Waals surface area contributed by atoms with Crippen molar-refractivity contribution in [1.29, 1.82) is 0 Å². The van der Waals surface area contributed by atoms with E-state index in [2.05, 4.69) is 17.6 Å². The van der Waals surface area contributed by atoms with Crippen LogP contribution in [0.5, 0.6) is 0 Å². The second-order valence-corrected chi connectivity index (χ2v) is 5.20. The van der Waals surface area contributed by atoms with E-state index in [1.54, 1.807) is 0 Å². The summed E-state index contributed by atoms with van der Waals surface area (Å²) >= 11 is 0. The van der Waals surface area contributed by atoms with Crippen LogP contribution in [-0.2, 0) is 4.79 Å². The molecule has 0 radical (unpaired) electrons. The second-order valence-electron chi connectivity index (χ2n) is 5.20. The van der Waals surface area contributed by atoms with Gasteiger partial charge in [0, 0.05) is 6.54 Å². The summed E-state index contributed by atoms with van der Waals surface area (Å²) in [7, 11) is 0. The third-order valence-corrected chi connectivity index (χ3v) is 3.39. The molecule has 0 aromatic carbocycles. The molecular formula is C12H22N2O4. The van der Waals surface area contributed by atoms with Crippen LogP contribution in [0.1, 0.15) is 33.1 Å². The van der Waals surface area contributed by atoms with Crippen LogP contribution in [0.25, 0.3) is 0 Å². The predicted octanol–water partition coefficient (Wildman–Crippen LogP) is 0.556. The van der Waals surface area contributed by atoms with E-state index in [1.807, 2.05) is 0 Å². The van der Waals surface area contributed by atoms with Crippen molar-refractivity contribution in [3.8, 4) is 0 Å². The van der Waals surface area contributed by atoms with Gasteiger partial charge in [-0.3, -0.25) is 0 Å². The number of aliphatic carboxylic acids is 1. The van der Waals surface area contributed by atoms with Gasteiger partial charge in [-0.2, -0.15) is 0 Å². The highest BCUT2D eigenvalue weighted by Gasteiger charge is 2.26. The number of amides is 2. The fourth-order valence-corrected chi connectivity index (χ4v) is 2.33. The van der Waals surface area contributed by atoms with Gasteiger partial charge in [0.15, 0.2) is 6.04 Å². The van der Waals surface area contributed by atoms with Crippen LogP contribution in [0, 0.1) is 11.8 Å². The number of carboxylic acid groups (broad SMARTS) is 1. The molecule has 0 saturated heterocycles. The average Bonchev–Trinajstić information content (AvgIpc) is 2.68. The highest BCUT2D eigenvalue weighted by atomic mass is 16.4. The maximum absolute atomic E-state index is 11.5. The molecule has 0 spiro atoms. The first-order valence-electron chi connectivity index (χ1n) is 6.35. The fraction of sp³-hybridized carbons (Fsp3) is 0.833. The Hall–Kier alpha value is -1.30. The van der Waals surface area contributed by atoms with Crippen LogP contribution < -0.4 is 10.6 Å². The van der Waals surface area contributed by atoms with Gasteiger partial charge < -0.3 is 20.8 Å². The topological polar surface area (TPSA) is 98.7 Å². The number of rotatable bonds is 5. The smallest absolute Gasteiger partial charge is 0.328 e. The summed E-state index contributed by atoms with van der Waals surface area (Å²) in [6, 6.07) is -1.81. The van der Waals surface area contributed by atoms with E-state index in [0.717, 1.165) is 12.8 Å². The molecule has 0 aromatic heterocycles. The zero-order valence-electron chi connectivity index (χ0n) is 10.8. The first kappa shape index (κ1) is 14.8. The zero-order valence-corrected chi connectivity index (χ0v) is 10.8. The number of carboxylic acids is 1. The Morgan fingerprint density at radius 1 is 1.39 bits per heavy atom. The third kappa shape index (κ3) is 4.52. The van der Waals surface area contributed by atoms with E-state index in [-0.39, 0.29) is 0 Å². The Kier molecular flexibility index (Phi) is 5.40. The number of hydrogen-bond acceptors (Lipinski definition) is 3. The molecule has 4 unspecified atom stereocenters. The molecule has 6 nitrogen and oxygen atoms in total. The molecule has 1 rings (SSSR count). The number of hydrogen-bond donors (Lipinski definition) is 4. The van der Waals surface area contributed by atoms with E-state index >= 15 is 0 Å². The molecule has 0 bridgehead atoms. The van der Waals surface area contributed by atoms with Gasteiger partial charge in [-0.15, -0.1) is 0 Å². The molecule has 4 atom stereocenters. The van der Waals surface area contributed by atoms with Crippen LogP contribution in [0.3, 0.4) is 0 Å². The van der Waals surface area contributed by atoms with Gasteiger partial charge in [0.1, 0.15) is 0 Å². The average molecular weight is 258 g/mol. The van der Waals surface area contributed by atoms with Crippen molar-refractivity contribution < 1.29 is 19.8 Å². The first-order chi connectivity index (χ1) is 8.40. The van der Waals surface area contributed by atoms with E-state index < -0.39 is 24.1 Å². The zero-order chi connectivity index (χ0) is 13.7. The lowest BCUT2D eigenvalue weighted by Crippen LogP contribution is -2.51. The van der Waals surface area contributed by atoms with Crippen molar-refractivity contribution in [2.24, 2.45) is 11.8 Å². The number of nitrogens with one attached hydrogen (secondary N) is 2. The number of urea groups is 1. The number of aliphatic hydroxyl groups is 1. The first-order valence-corrected chi connectivity index (χ1v) is 6.35. The molecule has 1 aliphatic rings. The van der Waals surface area contributed by atoms with E-state index in [1.165, 1.54) is 13.3 Å². The van der Waals surface area contributed by atoms with E-state index in [9.17, 15) is 14.7 Å². The highest BCUT2D eigenvalue weighted by Crippen LogP contribution is 2.29. The van der Waals surface area contributed by atoms with Gasteiger partial charge in [-0.1, -0.05) is 13.3 Å². The Labute approximate surface area is 107 Å². The minimum absolute atomic E-state index is 0.473. The van der Waals surface area contributed by atoms with Crippen molar-refractivity contribution >= 4 is 12.0 Å². The van der Waals surface area contributed by atoms with Crippen LogP contribution in [0.2, 0.25) is 0 Å². The Morgan fingerprint density at radius 2 is 2.06 bits per heavy atom. The molecule has 1 saturated carbocycles. The van der Waals surface area contributed by atoms with Gasteiger partial charge in [0.25, 0.3) is 0 Å². The third-order valence-electron chi connectivity index (χ3n) is 3.39.